The van der Waals surface area contributed by atoms with E-state index in [1.165, 1.54) is 0 Å². The predicted octanol–water partition coefficient (Wildman–Crippen LogP) is 4.32. The van der Waals surface area contributed by atoms with E-state index >= 15 is 0 Å². The van der Waals surface area contributed by atoms with Crippen LogP contribution in [0, 0.1) is 11.3 Å². The van der Waals surface area contributed by atoms with E-state index in [-0.39, 0.29) is 18.5 Å². The average molecular weight is 356 g/mol. The van der Waals surface area contributed by atoms with Crippen molar-refractivity contribution in [3.05, 3.63) is 65.9 Å². The van der Waals surface area contributed by atoms with Gasteiger partial charge in [0, 0.05) is 29.1 Å². The van der Waals surface area contributed by atoms with E-state index < -0.39 is 0 Å². The molecule has 0 bridgehead atoms. The van der Waals surface area contributed by atoms with E-state index in [0.717, 1.165) is 27.6 Å². The third-order valence-electron chi connectivity index (χ3n) is 4.98. The van der Waals surface area contributed by atoms with Crippen molar-refractivity contribution < 1.29 is 4.79 Å². The third kappa shape index (κ3) is 2.80. The van der Waals surface area contributed by atoms with Gasteiger partial charge in [0.25, 0.3) is 5.91 Å². The Morgan fingerprint density at radius 3 is 2.81 bits per heavy atom. The molecule has 0 aliphatic carbocycles. The summed E-state index contributed by atoms with van der Waals surface area (Å²) in [6.45, 7) is 8.68. The monoisotopic (exact) mass is 356 g/mol. The van der Waals surface area contributed by atoms with Gasteiger partial charge in [-0.2, -0.15) is 10.4 Å². The van der Waals surface area contributed by atoms with Crippen molar-refractivity contribution in [1.29, 1.82) is 5.26 Å². The molecule has 1 aliphatic heterocycles. The van der Waals surface area contributed by atoms with Crippen LogP contribution < -0.4 is 0 Å². The number of benzene rings is 2. The van der Waals surface area contributed by atoms with Crippen LogP contribution in [0.1, 0.15) is 35.8 Å². The summed E-state index contributed by atoms with van der Waals surface area (Å²) in [5.74, 6) is -0.0449. The predicted molar refractivity (Wildman–Crippen MR) is 105 cm³/mol. The van der Waals surface area contributed by atoms with Crippen LogP contribution in [0.15, 0.2) is 54.7 Å². The largest absolute Gasteiger partial charge is 0.329 e. The molecule has 1 aromatic heterocycles. The molecule has 1 amide bonds. The average Bonchev–Trinajstić information content (AvgIpc) is 3.23. The van der Waals surface area contributed by atoms with E-state index in [4.69, 9.17) is 5.26 Å². The van der Waals surface area contributed by atoms with Crippen molar-refractivity contribution in [3.8, 4) is 17.2 Å². The Bertz CT molecular complexity index is 1120. The minimum absolute atomic E-state index is 0.0449. The van der Waals surface area contributed by atoms with Crippen LogP contribution in [-0.2, 0) is 6.54 Å². The topological polar surface area (TPSA) is 61.9 Å². The first kappa shape index (κ1) is 17.0. The number of nitrogens with zero attached hydrogens (tertiary/aromatic N) is 4. The summed E-state index contributed by atoms with van der Waals surface area (Å²) in [6, 6.07) is 14.4. The standard InChI is InChI=1S/C22H20N4O/c1-14(2)26-21-9-16(7-8-17(21)11-24-26)18-5-4-6-19-20(18)13-25(22(19)27)12-15(3)10-23/h4-9,11,14H,3,12-13H2,1-2H3. The van der Waals surface area contributed by atoms with Gasteiger partial charge in [0.2, 0.25) is 0 Å². The van der Waals surface area contributed by atoms with Gasteiger partial charge in [0.15, 0.2) is 0 Å². The lowest BCUT2D eigenvalue weighted by atomic mass is 9.96. The Kier molecular flexibility index (Phi) is 4.04. The fourth-order valence-corrected chi connectivity index (χ4v) is 3.67. The zero-order chi connectivity index (χ0) is 19.1. The fourth-order valence-electron chi connectivity index (χ4n) is 3.67. The van der Waals surface area contributed by atoms with Gasteiger partial charge in [-0.3, -0.25) is 9.48 Å². The SMILES string of the molecule is C=C(C#N)CN1Cc2c(cccc2-c2ccc3cnn(C(C)C)c3c2)C1=O. The molecule has 27 heavy (non-hydrogen) atoms. The van der Waals surface area contributed by atoms with Gasteiger partial charge in [-0.15, -0.1) is 0 Å². The molecule has 3 aromatic rings. The molecule has 0 saturated heterocycles. The third-order valence-corrected chi connectivity index (χ3v) is 4.98. The van der Waals surface area contributed by atoms with E-state index in [1.54, 1.807) is 4.90 Å². The molecule has 0 atom stereocenters. The van der Waals surface area contributed by atoms with Crippen molar-refractivity contribution in [1.82, 2.24) is 14.7 Å². The quantitative estimate of drug-likeness (QED) is 0.654. The lowest BCUT2D eigenvalue weighted by molar-refractivity contribution is 0.0794. The van der Waals surface area contributed by atoms with Crippen molar-refractivity contribution in [2.45, 2.75) is 26.4 Å². The first-order valence-electron chi connectivity index (χ1n) is 8.96. The van der Waals surface area contributed by atoms with E-state index in [2.05, 4.69) is 43.7 Å². The Morgan fingerprint density at radius 1 is 1.30 bits per heavy atom. The number of hydrogen-bond donors (Lipinski definition) is 0. The number of carbonyl (C=O) groups is 1. The number of hydrogen-bond acceptors (Lipinski definition) is 3. The van der Waals surface area contributed by atoms with Gasteiger partial charge >= 0.3 is 0 Å². The summed E-state index contributed by atoms with van der Waals surface area (Å²) in [4.78, 5) is 14.4. The molecule has 0 radical (unpaired) electrons. The molecule has 0 spiro atoms. The fraction of sp³-hybridized carbons (Fsp3) is 0.227. The van der Waals surface area contributed by atoms with E-state index in [9.17, 15) is 4.79 Å². The zero-order valence-corrected chi connectivity index (χ0v) is 15.4. The molecule has 2 aromatic carbocycles. The van der Waals surface area contributed by atoms with Gasteiger partial charge in [-0.05, 0) is 42.7 Å². The molecular weight excluding hydrogens is 336 g/mol. The highest BCUT2D eigenvalue weighted by Gasteiger charge is 2.29. The summed E-state index contributed by atoms with van der Waals surface area (Å²) in [5, 5.41) is 14.6. The number of amides is 1. The van der Waals surface area contributed by atoms with Crippen molar-refractivity contribution >= 4 is 16.8 Å². The number of aromatic nitrogens is 2. The smallest absolute Gasteiger partial charge is 0.254 e. The highest BCUT2D eigenvalue weighted by Crippen LogP contribution is 2.34. The Hall–Kier alpha value is -3.39. The first-order chi connectivity index (χ1) is 13.0. The molecule has 0 N–H and O–H groups in total. The molecular formula is C22H20N4O. The van der Waals surface area contributed by atoms with Gasteiger partial charge in [-0.25, -0.2) is 0 Å². The van der Waals surface area contributed by atoms with Crippen LogP contribution in [0.4, 0.5) is 0 Å². The number of rotatable bonds is 4. The van der Waals surface area contributed by atoms with Gasteiger partial charge in [-0.1, -0.05) is 30.8 Å². The number of fused-ring (bicyclic) bond motifs is 2. The van der Waals surface area contributed by atoms with Gasteiger partial charge in [0.1, 0.15) is 0 Å². The zero-order valence-electron chi connectivity index (χ0n) is 15.4. The van der Waals surface area contributed by atoms with Crippen molar-refractivity contribution in [2.75, 3.05) is 6.54 Å². The summed E-state index contributed by atoms with van der Waals surface area (Å²) in [6.07, 6.45) is 1.88. The van der Waals surface area contributed by atoms with Crippen LogP contribution in [0.2, 0.25) is 0 Å². The molecule has 5 nitrogen and oxygen atoms in total. The Balaban J connectivity index is 1.79. The van der Waals surface area contributed by atoms with E-state index in [0.29, 0.717) is 17.7 Å². The minimum Gasteiger partial charge on any atom is -0.329 e. The highest BCUT2D eigenvalue weighted by atomic mass is 16.2. The molecule has 5 heteroatoms. The lowest BCUT2D eigenvalue weighted by Crippen LogP contribution is -2.25. The van der Waals surface area contributed by atoms with Gasteiger partial charge in [0.05, 0.1) is 24.3 Å². The first-order valence-corrected chi connectivity index (χ1v) is 8.96. The summed E-state index contributed by atoms with van der Waals surface area (Å²) in [5.41, 5.74) is 5.29. The Labute approximate surface area is 158 Å². The van der Waals surface area contributed by atoms with Crippen LogP contribution in [0.3, 0.4) is 0 Å². The van der Waals surface area contributed by atoms with E-state index in [1.807, 2.05) is 35.1 Å². The molecule has 1 aliphatic rings. The highest BCUT2D eigenvalue weighted by molar-refractivity contribution is 6.01. The molecule has 0 unspecified atom stereocenters. The number of nitriles is 1. The number of carbonyl (C=O) groups excluding carboxylic acids is 1. The second kappa shape index (κ2) is 6.40. The van der Waals surface area contributed by atoms with Crippen LogP contribution >= 0.6 is 0 Å². The van der Waals surface area contributed by atoms with Crippen LogP contribution in [0.5, 0.6) is 0 Å². The summed E-state index contributed by atoms with van der Waals surface area (Å²) < 4.78 is 2.01. The molecule has 4 rings (SSSR count). The van der Waals surface area contributed by atoms with Gasteiger partial charge < -0.3 is 4.90 Å². The maximum atomic E-state index is 12.7. The Morgan fingerprint density at radius 2 is 2.07 bits per heavy atom. The van der Waals surface area contributed by atoms with Crippen molar-refractivity contribution in [3.63, 3.8) is 0 Å². The summed E-state index contributed by atoms with van der Waals surface area (Å²) in [7, 11) is 0. The maximum absolute atomic E-state index is 12.7. The molecule has 2 heterocycles. The van der Waals surface area contributed by atoms with Crippen molar-refractivity contribution in [2.24, 2.45) is 0 Å². The second-order valence-electron chi connectivity index (χ2n) is 7.16. The molecule has 0 fully saturated rings. The van der Waals surface area contributed by atoms with Crippen LogP contribution in [0.25, 0.3) is 22.0 Å². The maximum Gasteiger partial charge on any atom is 0.254 e. The molecule has 0 saturated carbocycles. The second-order valence-corrected chi connectivity index (χ2v) is 7.16. The molecule has 134 valence electrons. The normalized spacial score (nSPS) is 13.3. The summed E-state index contributed by atoms with van der Waals surface area (Å²) >= 11 is 0. The minimum atomic E-state index is -0.0449. The lowest BCUT2D eigenvalue weighted by Gasteiger charge is -2.14. The van der Waals surface area contributed by atoms with Crippen LogP contribution in [-0.4, -0.2) is 27.1 Å².